The molecule has 2 N–H and O–H groups in total. The first-order chi connectivity index (χ1) is 11.2. The van der Waals surface area contributed by atoms with Crippen molar-refractivity contribution in [1.29, 1.82) is 0 Å². The molecule has 0 fully saturated rings. The average molecular weight is 304 g/mol. The quantitative estimate of drug-likeness (QED) is 0.701. The molecular formula is C19H16N2O2. The van der Waals surface area contributed by atoms with Crippen LogP contribution >= 0.6 is 0 Å². The average Bonchev–Trinajstić information content (AvgIpc) is 2.58. The molecule has 0 bridgehead atoms. The van der Waals surface area contributed by atoms with Gasteiger partial charge >= 0.3 is 5.97 Å². The van der Waals surface area contributed by atoms with Crippen molar-refractivity contribution in [2.75, 3.05) is 5.32 Å². The summed E-state index contributed by atoms with van der Waals surface area (Å²) >= 11 is 0. The van der Waals surface area contributed by atoms with E-state index in [0.29, 0.717) is 6.54 Å². The second kappa shape index (κ2) is 6.75. The zero-order valence-electron chi connectivity index (χ0n) is 12.4. The molecule has 2 aromatic carbocycles. The third-order valence-electron chi connectivity index (χ3n) is 3.47. The number of anilines is 1. The van der Waals surface area contributed by atoms with Gasteiger partial charge in [0.25, 0.3) is 0 Å². The van der Waals surface area contributed by atoms with Crippen molar-refractivity contribution in [2.45, 2.75) is 6.54 Å². The first-order valence-electron chi connectivity index (χ1n) is 7.29. The third-order valence-corrected chi connectivity index (χ3v) is 3.47. The number of pyridine rings is 1. The molecule has 0 atom stereocenters. The molecule has 3 aromatic rings. The normalized spacial score (nSPS) is 11.0. The second-order valence-electron chi connectivity index (χ2n) is 5.18. The fourth-order valence-electron chi connectivity index (χ4n) is 2.36. The summed E-state index contributed by atoms with van der Waals surface area (Å²) in [5.41, 5.74) is 3.95. The summed E-state index contributed by atoms with van der Waals surface area (Å²) in [6.45, 7) is 0.667. The molecule has 3 rings (SSSR count). The Kier molecular flexibility index (Phi) is 4.34. The Morgan fingerprint density at radius 3 is 2.91 bits per heavy atom. The molecule has 23 heavy (non-hydrogen) atoms. The van der Waals surface area contributed by atoms with Crippen LogP contribution < -0.4 is 5.32 Å². The SMILES string of the molecule is O=C(O)/C=C/c1cccc(CNc2ccc3ncccc3c2)c1. The molecule has 0 aliphatic rings. The number of fused-ring (bicyclic) bond motifs is 1. The zero-order valence-corrected chi connectivity index (χ0v) is 12.4. The number of nitrogens with one attached hydrogen (secondary N) is 1. The molecule has 1 heterocycles. The minimum Gasteiger partial charge on any atom is -0.478 e. The maximum absolute atomic E-state index is 10.6. The van der Waals surface area contributed by atoms with Gasteiger partial charge in [-0.3, -0.25) is 4.98 Å². The van der Waals surface area contributed by atoms with Crippen LogP contribution in [0.3, 0.4) is 0 Å². The number of carbonyl (C=O) groups is 1. The summed E-state index contributed by atoms with van der Waals surface area (Å²) in [5.74, 6) is -0.946. The van der Waals surface area contributed by atoms with Gasteiger partial charge in [0.05, 0.1) is 5.52 Å². The highest BCUT2D eigenvalue weighted by Crippen LogP contribution is 2.18. The molecule has 4 heteroatoms. The number of benzene rings is 2. The monoisotopic (exact) mass is 304 g/mol. The lowest BCUT2D eigenvalue weighted by atomic mass is 10.1. The van der Waals surface area contributed by atoms with Crippen molar-refractivity contribution < 1.29 is 9.90 Å². The Morgan fingerprint density at radius 2 is 2.04 bits per heavy atom. The predicted molar refractivity (Wildman–Crippen MR) is 92.2 cm³/mol. The van der Waals surface area contributed by atoms with Crippen LogP contribution in [0.2, 0.25) is 0 Å². The van der Waals surface area contributed by atoms with Gasteiger partial charge in [0.1, 0.15) is 0 Å². The summed E-state index contributed by atoms with van der Waals surface area (Å²) in [4.78, 5) is 14.9. The Bertz CT molecular complexity index is 872. The molecule has 0 aliphatic heterocycles. The molecular weight excluding hydrogens is 288 g/mol. The van der Waals surface area contributed by atoms with Gasteiger partial charge in [-0.15, -0.1) is 0 Å². The van der Waals surface area contributed by atoms with E-state index in [1.54, 1.807) is 12.3 Å². The van der Waals surface area contributed by atoms with E-state index in [4.69, 9.17) is 5.11 Å². The molecule has 0 radical (unpaired) electrons. The van der Waals surface area contributed by atoms with Gasteiger partial charge in [0.2, 0.25) is 0 Å². The maximum Gasteiger partial charge on any atom is 0.328 e. The predicted octanol–water partition coefficient (Wildman–Crippen LogP) is 3.94. The van der Waals surface area contributed by atoms with E-state index in [1.165, 1.54) is 0 Å². The highest BCUT2D eigenvalue weighted by atomic mass is 16.4. The Hall–Kier alpha value is -3.14. The standard InChI is InChI=1S/C19H16N2O2/c22-19(23)9-6-14-3-1-4-15(11-14)13-21-17-7-8-18-16(12-17)5-2-10-20-18/h1-12,21H,13H2,(H,22,23)/b9-6+. The summed E-state index contributed by atoms with van der Waals surface area (Å²) in [6, 6.07) is 17.8. The van der Waals surface area contributed by atoms with Gasteiger partial charge in [-0.25, -0.2) is 4.79 Å². The van der Waals surface area contributed by atoms with Crippen LogP contribution in [-0.2, 0) is 11.3 Å². The summed E-state index contributed by atoms with van der Waals surface area (Å²) < 4.78 is 0. The fourth-order valence-corrected chi connectivity index (χ4v) is 2.36. The first-order valence-corrected chi connectivity index (χ1v) is 7.29. The molecule has 1 aromatic heterocycles. The summed E-state index contributed by atoms with van der Waals surface area (Å²) in [7, 11) is 0. The van der Waals surface area contributed by atoms with Gasteiger partial charge in [-0.2, -0.15) is 0 Å². The molecule has 0 unspecified atom stereocenters. The van der Waals surface area contributed by atoms with Crippen LogP contribution in [0.1, 0.15) is 11.1 Å². The van der Waals surface area contributed by atoms with Crippen LogP contribution in [0.5, 0.6) is 0 Å². The number of carboxylic acids is 1. The van der Waals surface area contributed by atoms with E-state index >= 15 is 0 Å². The number of nitrogens with zero attached hydrogens (tertiary/aromatic N) is 1. The van der Waals surface area contributed by atoms with E-state index < -0.39 is 5.97 Å². The number of rotatable bonds is 5. The van der Waals surface area contributed by atoms with E-state index in [0.717, 1.165) is 33.8 Å². The number of carboxylic acid groups (broad SMARTS) is 1. The van der Waals surface area contributed by atoms with Gasteiger partial charge in [-0.1, -0.05) is 24.3 Å². The Morgan fingerprint density at radius 1 is 1.13 bits per heavy atom. The van der Waals surface area contributed by atoms with E-state index in [1.807, 2.05) is 48.5 Å². The van der Waals surface area contributed by atoms with E-state index in [-0.39, 0.29) is 0 Å². The molecule has 0 amide bonds. The number of hydrogen-bond donors (Lipinski definition) is 2. The van der Waals surface area contributed by atoms with Crippen molar-refractivity contribution >= 4 is 28.6 Å². The molecule has 0 spiro atoms. The fraction of sp³-hybridized carbons (Fsp3) is 0.0526. The topological polar surface area (TPSA) is 62.2 Å². The Balaban J connectivity index is 1.71. The number of hydrogen-bond acceptors (Lipinski definition) is 3. The van der Waals surface area contributed by atoms with Crippen LogP contribution in [0.4, 0.5) is 5.69 Å². The molecule has 0 saturated carbocycles. The highest BCUT2D eigenvalue weighted by molar-refractivity contribution is 5.85. The summed E-state index contributed by atoms with van der Waals surface area (Å²) in [6.07, 6.45) is 4.52. The largest absolute Gasteiger partial charge is 0.478 e. The first kappa shape index (κ1) is 14.8. The molecule has 114 valence electrons. The molecule has 0 aliphatic carbocycles. The van der Waals surface area contributed by atoms with Crippen LogP contribution in [0.25, 0.3) is 17.0 Å². The van der Waals surface area contributed by atoms with Crippen LogP contribution in [-0.4, -0.2) is 16.1 Å². The van der Waals surface area contributed by atoms with Crippen molar-refractivity contribution in [3.63, 3.8) is 0 Å². The highest BCUT2D eigenvalue weighted by Gasteiger charge is 1.98. The third kappa shape index (κ3) is 3.95. The van der Waals surface area contributed by atoms with Crippen LogP contribution in [0.15, 0.2) is 66.9 Å². The minimum absolute atomic E-state index is 0.667. The number of aliphatic carboxylic acids is 1. The van der Waals surface area contributed by atoms with Gasteiger partial charge < -0.3 is 10.4 Å². The van der Waals surface area contributed by atoms with Crippen LogP contribution in [0, 0.1) is 0 Å². The van der Waals surface area contributed by atoms with E-state index in [9.17, 15) is 4.79 Å². The Labute approximate surface area is 134 Å². The van der Waals surface area contributed by atoms with Gasteiger partial charge in [0.15, 0.2) is 0 Å². The van der Waals surface area contributed by atoms with Crippen molar-refractivity contribution in [1.82, 2.24) is 4.98 Å². The zero-order chi connectivity index (χ0) is 16.1. The van der Waals surface area contributed by atoms with Gasteiger partial charge in [-0.05, 0) is 47.5 Å². The van der Waals surface area contributed by atoms with Gasteiger partial charge in [0, 0.05) is 29.9 Å². The maximum atomic E-state index is 10.6. The molecule has 0 saturated heterocycles. The van der Waals surface area contributed by atoms with Crippen molar-refractivity contribution in [2.24, 2.45) is 0 Å². The van der Waals surface area contributed by atoms with Crippen molar-refractivity contribution in [3.05, 3.63) is 78.0 Å². The minimum atomic E-state index is -0.946. The molecule has 4 nitrogen and oxygen atoms in total. The second-order valence-corrected chi connectivity index (χ2v) is 5.18. The number of aromatic nitrogens is 1. The lowest BCUT2D eigenvalue weighted by molar-refractivity contribution is -0.131. The smallest absolute Gasteiger partial charge is 0.328 e. The lowest BCUT2D eigenvalue weighted by Gasteiger charge is -2.08. The van der Waals surface area contributed by atoms with Crippen molar-refractivity contribution in [3.8, 4) is 0 Å². The summed E-state index contributed by atoms with van der Waals surface area (Å²) in [5, 5.41) is 13.1. The van der Waals surface area contributed by atoms with E-state index in [2.05, 4.69) is 16.4 Å². The lowest BCUT2D eigenvalue weighted by Crippen LogP contribution is -1.99.